The van der Waals surface area contributed by atoms with Crippen molar-refractivity contribution < 1.29 is 26.4 Å². The predicted molar refractivity (Wildman–Crippen MR) is 128 cm³/mol. The second-order valence-electron chi connectivity index (χ2n) is 9.16. The minimum Gasteiger partial charge on any atom is -0.490 e. The highest BCUT2D eigenvalue weighted by atomic mass is 35.5. The molecule has 1 aliphatic heterocycles. The topological polar surface area (TPSA) is 68.5 Å². The van der Waals surface area contributed by atoms with E-state index < -0.39 is 32.1 Å². The summed E-state index contributed by atoms with van der Waals surface area (Å²) in [6.45, 7) is 2.48. The maximum absolute atomic E-state index is 15.3. The van der Waals surface area contributed by atoms with E-state index in [1.165, 1.54) is 24.3 Å². The molecule has 0 unspecified atom stereocenters. The first kappa shape index (κ1) is 24.3. The Morgan fingerprint density at radius 1 is 1.06 bits per heavy atom. The van der Waals surface area contributed by atoms with Crippen molar-refractivity contribution in [3.05, 3.63) is 82.3 Å². The van der Waals surface area contributed by atoms with Crippen LogP contribution in [0.1, 0.15) is 43.3 Å². The number of nitrogens with one attached hydrogen (secondary N) is 1. The Morgan fingerprint density at radius 2 is 1.77 bits per heavy atom. The first-order chi connectivity index (χ1) is 16.8. The van der Waals surface area contributed by atoms with Crippen molar-refractivity contribution in [1.82, 2.24) is 5.32 Å². The standard InChI is InChI=1S/C26H26ClF2NO4S/c1-2-19-5-6-20(34-19)14-30-18-11-12-26(35(31,32)21-7-3-17(27)4-8-21)16(13-18)15-33-25-23(29)10-9-22(28)24(25)26/h3-10,16,18,30H,2,11-15H2,1H3/t16-,18-,26+/m1/s1. The van der Waals surface area contributed by atoms with E-state index >= 15 is 4.39 Å². The van der Waals surface area contributed by atoms with Gasteiger partial charge in [0.15, 0.2) is 21.4 Å². The zero-order valence-corrected chi connectivity index (χ0v) is 20.8. The quantitative estimate of drug-likeness (QED) is 0.444. The Kier molecular flexibility index (Phi) is 6.40. The molecule has 1 aliphatic carbocycles. The summed E-state index contributed by atoms with van der Waals surface area (Å²) in [5.74, 6) is -0.749. The molecule has 1 saturated carbocycles. The van der Waals surface area contributed by atoms with Crippen LogP contribution in [0, 0.1) is 17.6 Å². The number of hydrogen-bond acceptors (Lipinski definition) is 5. The van der Waals surface area contributed by atoms with Gasteiger partial charge >= 0.3 is 0 Å². The number of ether oxygens (including phenoxy) is 1. The van der Waals surface area contributed by atoms with Gasteiger partial charge in [-0.3, -0.25) is 0 Å². The number of halogens is 3. The SMILES string of the molecule is CCc1ccc(CN[C@@H]2CC[C@@]3(S(=O)(=O)c4ccc(Cl)cc4)c4c(F)ccc(F)c4OC[C@H]3C2)o1. The third-order valence-corrected chi connectivity index (χ3v) is 10.1. The van der Waals surface area contributed by atoms with Crippen molar-refractivity contribution >= 4 is 21.4 Å². The fourth-order valence-electron chi connectivity index (χ4n) is 5.48. The second kappa shape index (κ2) is 9.22. The highest BCUT2D eigenvalue weighted by molar-refractivity contribution is 7.92. The van der Waals surface area contributed by atoms with Gasteiger partial charge in [-0.25, -0.2) is 17.2 Å². The van der Waals surface area contributed by atoms with Gasteiger partial charge in [0.2, 0.25) is 0 Å². The average Bonchev–Trinajstić information content (AvgIpc) is 3.32. The van der Waals surface area contributed by atoms with Gasteiger partial charge in [0, 0.05) is 23.4 Å². The van der Waals surface area contributed by atoms with Crippen LogP contribution in [0.4, 0.5) is 8.78 Å². The monoisotopic (exact) mass is 521 g/mol. The lowest BCUT2D eigenvalue weighted by Crippen LogP contribution is -2.55. The lowest BCUT2D eigenvalue weighted by Gasteiger charge is -2.49. The summed E-state index contributed by atoms with van der Waals surface area (Å²) in [6, 6.07) is 11.6. The Balaban J connectivity index is 1.53. The van der Waals surface area contributed by atoms with E-state index in [9.17, 15) is 12.8 Å². The molecule has 2 aromatic carbocycles. The number of aryl methyl sites for hydroxylation is 1. The predicted octanol–water partition coefficient (Wildman–Crippen LogP) is 5.79. The van der Waals surface area contributed by atoms with Crippen molar-refractivity contribution in [2.45, 2.75) is 54.8 Å². The summed E-state index contributed by atoms with van der Waals surface area (Å²) in [5, 5.41) is 3.83. The Labute approximate surface area is 208 Å². The summed E-state index contributed by atoms with van der Waals surface area (Å²) in [4.78, 5) is 0.0255. The summed E-state index contributed by atoms with van der Waals surface area (Å²) in [6.07, 6.45) is 1.80. The molecule has 3 atom stereocenters. The molecule has 5 nitrogen and oxygen atoms in total. The van der Waals surface area contributed by atoms with E-state index in [1.54, 1.807) is 0 Å². The molecule has 2 aliphatic rings. The van der Waals surface area contributed by atoms with Crippen LogP contribution in [0.3, 0.4) is 0 Å². The number of benzene rings is 2. The smallest absolute Gasteiger partial charge is 0.188 e. The van der Waals surface area contributed by atoms with Gasteiger partial charge in [-0.05, 0) is 67.8 Å². The van der Waals surface area contributed by atoms with Crippen molar-refractivity contribution in [1.29, 1.82) is 0 Å². The molecule has 186 valence electrons. The number of fused-ring (bicyclic) bond motifs is 3. The van der Waals surface area contributed by atoms with Crippen LogP contribution in [0.15, 0.2) is 57.8 Å². The molecule has 3 aromatic rings. The molecule has 0 bridgehead atoms. The van der Waals surface area contributed by atoms with Gasteiger partial charge in [-0.2, -0.15) is 0 Å². The van der Waals surface area contributed by atoms with Crippen LogP contribution in [0.25, 0.3) is 0 Å². The maximum Gasteiger partial charge on any atom is 0.188 e. The lowest BCUT2D eigenvalue weighted by molar-refractivity contribution is 0.107. The highest BCUT2D eigenvalue weighted by Crippen LogP contribution is 2.56. The zero-order chi connectivity index (χ0) is 24.8. The first-order valence-electron chi connectivity index (χ1n) is 11.7. The minimum absolute atomic E-state index is 0.0255. The zero-order valence-electron chi connectivity index (χ0n) is 19.2. The van der Waals surface area contributed by atoms with E-state index in [0.717, 1.165) is 30.1 Å². The molecule has 5 rings (SSSR count). The van der Waals surface area contributed by atoms with Gasteiger partial charge in [0.25, 0.3) is 0 Å². The third kappa shape index (κ3) is 4.05. The molecule has 0 spiro atoms. The van der Waals surface area contributed by atoms with E-state index in [4.69, 9.17) is 20.8 Å². The van der Waals surface area contributed by atoms with E-state index in [-0.39, 0.29) is 35.3 Å². The van der Waals surface area contributed by atoms with Crippen LogP contribution in [0.2, 0.25) is 5.02 Å². The van der Waals surface area contributed by atoms with E-state index in [1.807, 2.05) is 19.1 Å². The van der Waals surface area contributed by atoms with Gasteiger partial charge < -0.3 is 14.5 Å². The largest absolute Gasteiger partial charge is 0.490 e. The summed E-state index contributed by atoms with van der Waals surface area (Å²) < 4.78 is 68.2. The molecule has 0 radical (unpaired) electrons. The average molecular weight is 522 g/mol. The lowest BCUT2D eigenvalue weighted by atomic mass is 9.71. The van der Waals surface area contributed by atoms with Gasteiger partial charge in [0.05, 0.1) is 23.6 Å². The molecule has 9 heteroatoms. The Morgan fingerprint density at radius 3 is 2.49 bits per heavy atom. The molecule has 1 N–H and O–H groups in total. The Hall–Kier alpha value is -2.42. The van der Waals surface area contributed by atoms with Crippen LogP contribution < -0.4 is 10.1 Å². The normalized spacial score (nSPS) is 23.9. The fourth-order valence-corrected chi connectivity index (χ4v) is 7.97. The molecular weight excluding hydrogens is 496 g/mol. The third-order valence-electron chi connectivity index (χ3n) is 7.24. The van der Waals surface area contributed by atoms with E-state index in [2.05, 4.69) is 5.32 Å². The van der Waals surface area contributed by atoms with Crippen molar-refractivity contribution in [3.8, 4) is 5.75 Å². The minimum atomic E-state index is -4.14. The van der Waals surface area contributed by atoms with Gasteiger partial charge in [0.1, 0.15) is 22.1 Å². The summed E-state index contributed by atoms with van der Waals surface area (Å²) in [7, 11) is -4.14. The molecule has 0 saturated heterocycles. The molecule has 1 fully saturated rings. The van der Waals surface area contributed by atoms with Crippen molar-refractivity contribution in [3.63, 3.8) is 0 Å². The first-order valence-corrected chi connectivity index (χ1v) is 13.5. The highest BCUT2D eigenvalue weighted by Gasteiger charge is 2.59. The molecule has 35 heavy (non-hydrogen) atoms. The van der Waals surface area contributed by atoms with Gasteiger partial charge in [-0.15, -0.1) is 0 Å². The maximum atomic E-state index is 15.3. The van der Waals surface area contributed by atoms with Crippen LogP contribution in [0.5, 0.6) is 5.75 Å². The number of sulfone groups is 1. The van der Waals surface area contributed by atoms with Crippen LogP contribution in [-0.4, -0.2) is 21.1 Å². The fraction of sp³-hybridized carbons (Fsp3) is 0.385. The van der Waals surface area contributed by atoms with E-state index in [0.29, 0.717) is 24.4 Å². The number of rotatable bonds is 6. The molecule has 1 aromatic heterocycles. The second-order valence-corrected chi connectivity index (χ2v) is 11.8. The van der Waals surface area contributed by atoms with Crippen LogP contribution >= 0.6 is 11.6 Å². The molecular formula is C26H26ClF2NO4S. The summed E-state index contributed by atoms with van der Waals surface area (Å²) in [5.41, 5.74) is -0.208. The summed E-state index contributed by atoms with van der Waals surface area (Å²) >= 11 is 5.99. The van der Waals surface area contributed by atoms with Crippen molar-refractivity contribution in [2.24, 2.45) is 5.92 Å². The van der Waals surface area contributed by atoms with Crippen molar-refractivity contribution in [2.75, 3.05) is 6.61 Å². The van der Waals surface area contributed by atoms with Crippen LogP contribution in [-0.2, 0) is 27.5 Å². The van der Waals surface area contributed by atoms with Gasteiger partial charge in [-0.1, -0.05) is 18.5 Å². The molecule has 0 amide bonds. The molecule has 2 heterocycles. The Bertz CT molecular complexity index is 1340. The number of furan rings is 1. The number of hydrogen-bond donors (Lipinski definition) is 1.